The summed E-state index contributed by atoms with van der Waals surface area (Å²) < 4.78 is 0. The van der Waals surface area contributed by atoms with Crippen LogP contribution in [0.15, 0.2) is 0 Å². The lowest BCUT2D eigenvalue weighted by molar-refractivity contribution is 0.352. The first kappa shape index (κ1) is 9.01. The number of rotatable bonds is 4. The highest BCUT2D eigenvalue weighted by molar-refractivity contribution is 4.77. The molecular weight excluding hydrogens is 136 g/mol. The highest BCUT2D eigenvalue weighted by atomic mass is 14.5. The predicted molar refractivity (Wildman–Crippen MR) is 48.2 cm³/mol. The standard InChI is InChI=1S/C9H20N2/c10-6-4-8-2-1-3-9(8)5-7-11/h8-9H,1-7,10-11H2/t8-,9-/m1/s1. The maximum atomic E-state index is 5.54. The van der Waals surface area contributed by atoms with Gasteiger partial charge in [0.25, 0.3) is 0 Å². The molecule has 66 valence electrons. The van der Waals surface area contributed by atoms with Crippen LogP contribution in [-0.4, -0.2) is 13.1 Å². The maximum absolute atomic E-state index is 5.54. The Kier molecular flexibility index (Phi) is 3.87. The molecule has 0 amide bonds. The third-order valence-corrected chi connectivity index (χ3v) is 2.89. The molecule has 2 nitrogen and oxygen atoms in total. The summed E-state index contributed by atoms with van der Waals surface area (Å²) in [6, 6.07) is 0. The molecule has 0 heterocycles. The van der Waals surface area contributed by atoms with Crippen molar-refractivity contribution in [3.8, 4) is 0 Å². The fourth-order valence-electron chi connectivity index (χ4n) is 2.30. The van der Waals surface area contributed by atoms with Crippen molar-refractivity contribution in [1.29, 1.82) is 0 Å². The summed E-state index contributed by atoms with van der Waals surface area (Å²) in [6.45, 7) is 1.71. The van der Waals surface area contributed by atoms with Gasteiger partial charge in [-0.05, 0) is 37.8 Å². The van der Waals surface area contributed by atoms with E-state index in [1.165, 1.54) is 32.1 Å². The molecule has 1 fully saturated rings. The lowest BCUT2D eigenvalue weighted by Gasteiger charge is -2.17. The van der Waals surface area contributed by atoms with E-state index >= 15 is 0 Å². The second-order valence-corrected chi connectivity index (χ2v) is 3.61. The zero-order valence-electron chi connectivity index (χ0n) is 7.26. The van der Waals surface area contributed by atoms with Crippen LogP contribution in [-0.2, 0) is 0 Å². The van der Waals surface area contributed by atoms with Crippen LogP contribution in [0, 0.1) is 11.8 Å². The van der Waals surface area contributed by atoms with Crippen LogP contribution in [0.5, 0.6) is 0 Å². The topological polar surface area (TPSA) is 52.0 Å². The van der Waals surface area contributed by atoms with Crippen LogP contribution in [0.3, 0.4) is 0 Å². The quantitative estimate of drug-likeness (QED) is 0.640. The van der Waals surface area contributed by atoms with E-state index in [1.54, 1.807) is 0 Å². The molecule has 2 heteroatoms. The van der Waals surface area contributed by atoms with E-state index in [-0.39, 0.29) is 0 Å². The fraction of sp³-hybridized carbons (Fsp3) is 1.00. The third-order valence-electron chi connectivity index (χ3n) is 2.89. The Labute approximate surface area is 69.3 Å². The van der Waals surface area contributed by atoms with E-state index < -0.39 is 0 Å². The summed E-state index contributed by atoms with van der Waals surface area (Å²) in [5.41, 5.74) is 11.1. The number of hydrogen-bond donors (Lipinski definition) is 2. The molecule has 1 rings (SSSR count). The highest BCUT2D eigenvalue weighted by Gasteiger charge is 2.25. The van der Waals surface area contributed by atoms with Gasteiger partial charge in [-0.3, -0.25) is 0 Å². The molecule has 0 bridgehead atoms. The zero-order valence-corrected chi connectivity index (χ0v) is 7.26. The van der Waals surface area contributed by atoms with Gasteiger partial charge >= 0.3 is 0 Å². The Balaban J connectivity index is 2.25. The SMILES string of the molecule is NCC[C@H]1CCC[C@@H]1CCN. The van der Waals surface area contributed by atoms with Crippen molar-refractivity contribution in [2.75, 3.05) is 13.1 Å². The summed E-state index contributed by atoms with van der Waals surface area (Å²) in [7, 11) is 0. The molecule has 1 saturated carbocycles. The van der Waals surface area contributed by atoms with Crippen molar-refractivity contribution in [2.24, 2.45) is 23.3 Å². The van der Waals surface area contributed by atoms with E-state index in [9.17, 15) is 0 Å². The number of nitrogens with two attached hydrogens (primary N) is 2. The molecule has 0 aromatic rings. The normalized spacial score (nSPS) is 31.1. The van der Waals surface area contributed by atoms with E-state index in [1.807, 2.05) is 0 Å². The largest absolute Gasteiger partial charge is 0.330 e. The third kappa shape index (κ3) is 2.46. The molecule has 0 unspecified atom stereocenters. The average Bonchev–Trinajstić information content (AvgIpc) is 2.39. The Morgan fingerprint density at radius 1 is 0.909 bits per heavy atom. The van der Waals surface area contributed by atoms with Gasteiger partial charge in [0, 0.05) is 0 Å². The molecule has 0 saturated heterocycles. The molecule has 0 spiro atoms. The lowest BCUT2D eigenvalue weighted by Crippen LogP contribution is -2.16. The Morgan fingerprint density at radius 3 is 1.73 bits per heavy atom. The van der Waals surface area contributed by atoms with Crippen molar-refractivity contribution in [1.82, 2.24) is 0 Å². The van der Waals surface area contributed by atoms with E-state index in [0.29, 0.717) is 0 Å². The van der Waals surface area contributed by atoms with Crippen molar-refractivity contribution < 1.29 is 0 Å². The molecule has 1 aliphatic carbocycles. The summed E-state index contributed by atoms with van der Waals surface area (Å²) in [5, 5.41) is 0. The first-order valence-corrected chi connectivity index (χ1v) is 4.78. The minimum atomic E-state index is 0.853. The van der Waals surface area contributed by atoms with Gasteiger partial charge in [-0.25, -0.2) is 0 Å². The molecule has 0 radical (unpaired) electrons. The summed E-state index contributed by atoms with van der Waals surface area (Å²) >= 11 is 0. The highest BCUT2D eigenvalue weighted by Crippen LogP contribution is 2.35. The first-order valence-electron chi connectivity index (χ1n) is 4.78. The van der Waals surface area contributed by atoms with Gasteiger partial charge in [0.05, 0.1) is 0 Å². The Morgan fingerprint density at radius 2 is 1.36 bits per heavy atom. The van der Waals surface area contributed by atoms with Gasteiger partial charge < -0.3 is 11.5 Å². The van der Waals surface area contributed by atoms with Gasteiger partial charge in [0.2, 0.25) is 0 Å². The van der Waals surface area contributed by atoms with Crippen LogP contribution in [0.4, 0.5) is 0 Å². The van der Waals surface area contributed by atoms with Crippen molar-refractivity contribution >= 4 is 0 Å². The molecule has 4 N–H and O–H groups in total. The van der Waals surface area contributed by atoms with E-state index in [4.69, 9.17) is 11.5 Å². The van der Waals surface area contributed by atoms with Crippen LogP contribution >= 0.6 is 0 Å². The Bertz CT molecular complexity index is 91.7. The average molecular weight is 156 g/mol. The van der Waals surface area contributed by atoms with Crippen LogP contribution in [0.1, 0.15) is 32.1 Å². The summed E-state index contributed by atoms with van der Waals surface area (Å²) in [5.74, 6) is 1.78. The number of hydrogen-bond acceptors (Lipinski definition) is 2. The zero-order chi connectivity index (χ0) is 8.10. The second-order valence-electron chi connectivity index (χ2n) is 3.61. The summed E-state index contributed by atoms with van der Waals surface area (Å²) in [4.78, 5) is 0. The van der Waals surface area contributed by atoms with Crippen molar-refractivity contribution in [2.45, 2.75) is 32.1 Å². The lowest BCUT2D eigenvalue weighted by atomic mass is 9.90. The van der Waals surface area contributed by atoms with Gasteiger partial charge in [-0.1, -0.05) is 19.3 Å². The molecule has 0 aromatic heterocycles. The monoisotopic (exact) mass is 156 g/mol. The van der Waals surface area contributed by atoms with Crippen molar-refractivity contribution in [3.63, 3.8) is 0 Å². The summed E-state index contributed by atoms with van der Waals surface area (Å²) in [6.07, 6.45) is 6.61. The Hall–Kier alpha value is -0.0800. The minimum absolute atomic E-state index is 0.853. The van der Waals surface area contributed by atoms with Crippen LogP contribution < -0.4 is 11.5 Å². The van der Waals surface area contributed by atoms with Gasteiger partial charge in [-0.15, -0.1) is 0 Å². The first-order chi connectivity index (χ1) is 5.38. The second kappa shape index (κ2) is 4.73. The van der Waals surface area contributed by atoms with E-state index in [2.05, 4.69) is 0 Å². The van der Waals surface area contributed by atoms with E-state index in [0.717, 1.165) is 24.9 Å². The maximum Gasteiger partial charge on any atom is -0.00745 e. The molecule has 2 atom stereocenters. The van der Waals surface area contributed by atoms with Crippen LogP contribution in [0.2, 0.25) is 0 Å². The minimum Gasteiger partial charge on any atom is -0.330 e. The predicted octanol–water partition coefficient (Wildman–Crippen LogP) is 1.10. The molecule has 0 aliphatic heterocycles. The van der Waals surface area contributed by atoms with Gasteiger partial charge in [0.15, 0.2) is 0 Å². The smallest absolute Gasteiger partial charge is 0.00745 e. The molecule has 0 aromatic carbocycles. The fourth-order valence-corrected chi connectivity index (χ4v) is 2.30. The molecular formula is C9H20N2. The van der Waals surface area contributed by atoms with Crippen molar-refractivity contribution in [3.05, 3.63) is 0 Å². The van der Waals surface area contributed by atoms with Gasteiger partial charge in [-0.2, -0.15) is 0 Å². The van der Waals surface area contributed by atoms with Crippen LogP contribution in [0.25, 0.3) is 0 Å². The molecule has 1 aliphatic rings. The van der Waals surface area contributed by atoms with Gasteiger partial charge in [0.1, 0.15) is 0 Å². The molecule has 11 heavy (non-hydrogen) atoms.